The van der Waals surface area contributed by atoms with Gasteiger partial charge in [0, 0.05) is 10.3 Å². The first-order valence-corrected chi connectivity index (χ1v) is 5.39. The number of carboxylic acids is 1. The third-order valence-electron chi connectivity index (χ3n) is 2.64. The van der Waals surface area contributed by atoms with Gasteiger partial charge in [0.1, 0.15) is 5.41 Å². The van der Waals surface area contributed by atoms with E-state index in [2.05, 4.69) is 0 Å². The minimum atomic E-state index is -0.960. The van der Waals surface area contributed by atoms with Gasteiger partial charge in [-0.2, -0.15) is 0 Å². The van der Waals surface area contributed by atoms with E-state index in [1.165, 1.54) is 18.4 Å². The fourth-order valence-electron chi connectivity index (χ4n) is 1.57. The molecule has 1 aliphatic rings. The van der Waals surface area contributed by atoms with Crippen molar-refractivity contribution >= 4 is 23.3 Å². The highest BCUT2D eigenvalue weighted by molar-refractivity contribution is 7.10. The van der Waals surface area contributed by atoms with Crippen LogP contribution in [0.15, 0.2) is 11.4 Å². The molecule has 1 aromatic rings. The Kier molecular flexibility index (Phi) is 2.26. The Balaban J connectivity index is 2.30. The summed E-state index contributed by atoms with van der Waals surface area (Å²) in [7, 11) is 1.36. The zero-order valence-electron chi connectivity index (χ0n) is 8.15. The summed E-state index contributed by atoms with van der Waals surface area (Å²) in [5, 5.41) is 10.3. The Morgan fingerprint density at radius 1 is 1.53 bits per heavy atom. The van der Waals surface area contributed by atoms with Crippen LogP contribution in [0.25, 0.3) is 0 Å². The zero-order valence-corrected chi connectivity index (χ0v) is 8.97. The molecule has 1 N–H and O–H groups in total. The summed E-state index contributed by atoms with van der Waals surface area (Å²) in [6.45, 7) is 0. The molecule has 0 spiro atoms. The van der Waals surface area contributed by atoms with Crippen LogP contribution < -0.4 is 0 Å². The average Bonchev–Trinajstić information content (AvgIpc) is 2.87. The summed E-state index contributed by atoms with van der Waals surface area (Å²) in [5.74, 6) is -1.22. The summed E-state index contributed by atoms with van der Waals surface area (Å²) in [6.07, 6.45) is 1.50. The van der Waals surface area contributed by atoms with Gasteiger partial charge in [0.25, 0.3) is 0 Å². The fraction of sp³-hybridized carbons (Fsp3) is 0.400. The number of aromatic carboxylic acids is 1. The standard InChI is InChI=1S/C10H10O4S/c1-14-9(13)10(2-3-10)7-4-6(5-15-7)8(11)12/h4-5H,2-3H2,1H3,(H,11,12). The summed E-state index contributed by atoms with van der Waals surface area (Å²) < 4.78 is 4.72. The maximum absolute atomic E-state index is 11.5. The Bertz CT molecular complexity index is 417. The Hall–Kier alpha value is -1.36. The maximum Gasteiger partial charge on any atom is 0.336 e. The number of methoxy groups -OCH3 is 1. The molecular weight excluding hydrogens is 216 g/mol. The predicted molar refractivity (Wildman–Crippen MR) is 54.2 cm³/mol. The van der Waals surface area contributed by atoms with Gasteiger partial charge in [-0.25, -0.2) is 4.79 Å². The molecule has 15 heavy (non-hydrogen) atoms. The monoisotopic (exact) mass is 226 g/mol. The van der Waals surface area contributed by atoms with Crippen LogP contribution in [0.3, 0.4) is 0 Å². The van der Waals surface area contributed by atoms with E-state index in [1.54, 1.807) is 11.4 Å². The van der Waals surface area contributed by atoms with Gasteiger partial charge in [0.15, 0.2) is 0 Å². The minimum absolute atomic E-state index is 0.241. The molecule has 80 valence electrons. The molecule has 4 nitrogen and oxygen atoms in total. The smallest absolute Gasteiger partial charge is 0.336 e. The lowest BCUT2D eigenvalue weighted by atomic mass is 10.1. The number of esters is 1. The quantitative estimate of drug-likeness (QED) is 0.796. The summed E-state index contributed by atoms with van der Waals surface area (Å²) >= 11 is 1.31. The van der Waals surface area contributed by atoms with Gasteiger partial charge in [-0.1, -0.05) is 0 Å². The van der Waals surface area contributed by atoms with Crippen LogP contribution >= 0.6 is 11.3 Å². The predicted octanol–water partition coefficient (Wildman–Crippen LogP) is 1.65. The van der Waals surface area contributed by atoms with Crippen molar-refractivity contribution in [3.63, 3.8) is 0 Å². The summed E-state index contributed by atoms with van der Waals surface area (Å²) in [5.41, 5.74) is -0.308. The fourth-order valence-corrected chi connectivity index (χ4v) is 2.70. The summed E-state index contributed by atoms with van der Waals surface area (Å²) in [4.78, 5) is 23.0. The first kappa shape index (κ1) is 10.2. The van der Waals surface area contributed by atoms with Crippen LogP contribution in [0.2, 0.25) is 0 Å². The molecule has 5 heteroatoms. The molecule has 0 aromatic carbocycles. The highest BCUT2D eigenvalue weighted by atomic mass is 32.1. The number of carboxylic acid groups (broad SMARTS) is 1. The SMILES string of the molecule is COC(=O)C1(c2cc(C(=O)O)cs2)CC1. The molecule has 0 radical (unpaired) electrons. The summed E-state index contributed by atoms with van der Waals surface area (Å²) in [6, 6.07) is 1.57. The van der Waals surface area contributed by atoms with Crippen molar-refractivity contribution in [3.8, 4) is 0 Å². The lowest BCUT2D eigenvalue weighted by Crippen LogP contribution is -2.20. The van der Waals surface area contributed by atoms with Crippen LogP contribution in [0, 0.1) is 0 Å². The molecule has 0 unspecified atom stereocenters. The highest BCUT2D eigenvalue weighted by Gasteiger charge is 2.53. The van der Waals surface area contributed by atoms with Gasteiger partial charge in [0.2, 0.25) is 0 Å². The van der Waals surface area contributed by atoms with Crippen molar-refractivity contribution in [3.05, 3.63) is 21.9 Å². The molecule has 1 saturated carbocycles. The first-order chi connectivity index (χ1) is 7.10. The Morgan fingerprint density at radius 3 is 2.60 bits per heavy atom. The van der Waals surface area contributed by atoms with E-state index in [1.807, 2.05) is 0 Å². The van der Waals surface area contributed by atoms with Crippen molar-refractivity contribution in [2.24, 2.45) is 0 Å². The van der Waals surface area contributed by atoms with E-state index in [0.29, 0.717) is 0 Å². The van der Waals surface area contributed by atoms with E-state index in [4.69, 9.17) is 9.84 Å². The maximum atomic E-state index is 11.5. The van der Waals surface area contributed by atoms with Crippen LogP contribution in [0.1, 0.15) is 28.1 Å². The number of carbonyl (C=O) groups excluding carboxylic acids is 1. The first-order valence-electron chi connectivity index (χ1n) is 4.51. The van der Waals surface area contributed by atoms with E-state index in [-0.39, 0.29) is 11.5 Å². The van der Waals surface area contributed by atoms with Gasteiger partial charge in [-0.15, -0.1) is 11.3 Å². The number of thiophene rings is 1. The van der Waals surface area contributed by atoms with Crippen LogP contribution in [0.4, 0.5) is 0 Å². The van der Waals surface area contributed by atoms with E-state index < -0.39 is 11.4 Å². The molecule has 2 rings (SSSR count). The number of ether oxygens (including phenoxy) is 1. The van der Waals surface area contributed by atoms with Gasteiger partial charge >= 0.3 is 11.9 Å². The van der Waals surface area contributed by atoms with Crippen molar-refractivity contribution in [1.82, 2.24) is 0 Å². The second-order valence-electron chi connectivity index (χ2n) is 3.58. The lowest BCUT2D eigenvalue weighted by Gasteiger charge is -2.09. The molecule has 0 atom stereocenters. The normalized spacial score (nSPS) is 17.1. The average molecular weight is 226 g/mol. The van der Waals surface area contributed by atoms with Gasteiger partial charge in [0.05, 0.1) is 12.7 Å². The van der Waals surface area contributed by atoms with Gasteiger partial charge in [-0.3, -0.25) is 4.79 Å². The third kappa shape index (κ3) is 1.52. The van der Waals surface area contributed by atoms with Gasteiger partial charge < -0.3 is 9.84 Å². The Morgan fingerprint density at radius 2 is 2.20 bits per heavy atom. The molecular formula is C10H10O4S. The topological polar surface area (TPSA) is 63.6 Å². The van der Waals surface area contributed by atoms with Crippen LogP contribution in [-0.2, 0) is 14.9 Å². The molecule has 0 saturated heterocycles. The molecule has 1 fully saturated rings. The van der Waals surface area contributed by atoms with E-state index >= 15 is 0 Å². The molecule has 0 aliphatic heterocycles. The van der Waals surface area contributed by atoms with E-state index in [0.717, 1.165) is 17.7 Å². The molecule has 1 heterocycles. The zero-order chi connectivity index (χ0) is 11.1. The Labute approximate surface area is 90.5 Å². The number of rotatable bonds is 3. The van der Waals surface area contributed by atoms with Gasteiger partial charge in [-0.05, 0) is 18.9 Å². The van der Waals surface area contributed by atoms with Crippen molar-refractivity contribution in [2.45, 2.75) is 18.3 Å². The molecule has 0 bridgehead atoms. The van der Waals surface area contributed by atoms with Crippen molar-refractivity contribution < 1.29 is 19.4 Å². The third-order valence-corrected chi connectivity index (χ3v) is 3.78. The minimum Gasteiger partial charge on any atom is -0.478 e. The highest BCUT2D eigenvalue weighted by Crippen LogP contribution is 2.51. The number of carbonyl (C=O) groups is 2. The molecule has 1 aromatic heterocycles. The second kappa shape index (κ2) is 3.34. The van der Waals surface area contributed by atoms with E-state index in [9.17, 15) is 9.59 Å². The largest absolute Gasteiger partial charge is 0.478 e. The van der Waals surface area contributed by atoms with Crippen LogP contribution in [0.5, 0.6) is 0 Å². The molecule has 0 amide bonds. The van der Waals surface area contributed by atoms with Crippen LogP contribution in [-0.4, -0.2) is 24.2 Å². The molecule has 1 aliphatic carbocycles. The number of hydrogen-bond acceptors (Lipinski definition) is 4. The van der Waals surface area contributed by atoms with Crippen molar-refractivity contribution in [2.75, 3.05) is 7.11 Å². The number of hydrogen-bond donors (Lipinski definition) is 1. The van der Waals surface area contributed by atoms with Crippen molar-refractivity contribution in [1.29, 1.82) is 0 Å². The lowest BCUT2D eigenvalue weighted by molar-refractivity contribution is -0.143. The second-order valence-corrected chi connectivity index (χ2v) is 4.49.